The number of anilines is 1. The van der Waals surface area contributed by atoms with Crippen LogP contribution in [0.25, 0.3) is 0 Å². The van der Waals surface area contributed by atoms with Crippen molar-refractivity contribution in [2.45, 2.75) is 0 Å². The summed E-state index contributed by atoms with van der Waals surface area (Å²) in [5.74, 6) is 0. The van der Waals surface area contributed by atoms with Gasteiger partial charge in [-0.2, -0.15) is 0 Å². The second-order valence-corrected chi connectivity index (χ2v) is 3.08. The fourth-order valence-corrected chi connectivity index (χ4v) is 1.29. The van der Waals surface area contributed by atoms with Crippen LogP contribution in [0, 0.1) is 0 Å². The average molecular weight is 208 g/mol. The highest BCUT2D eigenvalue weighted by Crippen LogP contribution is 2.24. The maximum atomic E-state index is 11.8. The molecular formula is C8H8Cl2FN. The third-order valence-corrected chi connectivity index (χ3v) is 1.89. The lowest BCUT2D eigenvalue weighted by Crippen LogP contribution is -2.02. The maximum absolute atomic E-state index is 11.8. The van der Waals surface area contributed by atoms with Gasteiger partial charge in [-0.1, -0.05) is 23.2 Å². The summed E-state index contributed by atoms with van der Waals surface area (Å²) in [5, 5.41) is 3.91. The molecule has 0 aliphatic heterocycles. The minimum absolute atomic E-state index is 0.265. The Balaban J connectivity index is 2.72. The lowest BCUT2D eigenvalue weighted by Gasteiger charge is -2.05. The molecule has 0 bridgehead atoms. The molecule has 0 radical (unpaired) electrons. The van der Waals surface area contributed by atoms with Crippen LogP contribution in [0.15, 0.2) is 18.2 Å². The van der Waals surface area contributed by atoms with Gasteiger partial charge in [0.2, 0.25) is 0 Å². The van der Waals surface area contributed by atoms with Gasteiger partial charge in [0, 0.05) is 11.6 Å². The zero-order chi connectivity index (χ0) is 8.97. The van der Waals surface area contributed by atoms with Crippen molar-refractivity contribution in [1.82, 2.24) is 0 Å². The smallest absolute Gasteiger partial charge is 0.107 e. The van der Waals surface area contributed by atoms with Crippen LogP contribution in [0.3, 0.4) is 0 Å². The highest BCUT2D eigenvalue weighted by Gasteiger charge is 1.98. The monoisotopic (exact) mass is 207 g/mol. The molecule has 12 heavy (non-hydrogen) atoms. The van der Waals surface area contributed by atoms with E-state index in [2.05, 4.69) is 5.32 Å². The van der Waals surface area contributed by atoms with E-state index < -0.39 is 6.67 Å². The quantitative estimate of drug-likeness (QED) is 0.802. The van der Waals surface area contributed by atoms with Gasteiger partial charge in [-0.25, -0.2) is 4.39 Å². The number of hydrogen-bond donors (Lipinski definition) is 1. The molecule has 1 nitrogen and oxygen atoms in total. The van der Waals surface area contributed by atoms with Gasteiger partial charge in [0.05, 0.1) is 10.7 Å². The number of nitrogens with one attached hydrogen (secondary N) is 1. The molecule has 0 atom stereocenters. The number of rotatable bonds is 3. The Morgan fingerprint density at radius 3 is 2.67 bits per heavy atom. The Hall–Kier alpha value is -0.470. The summed E-state index contributed by atoms with van der Waals surface area (Å²) in [6.07, 6.45) is 0. The van der Waals surface area contributed by atoms with Gasteiger partial charge in [0.15, 0.2) is 0 Å². The summed E-state index contributed by atoms with van der Waals surface area (Å²) in [6.45, 7) is -0.152. The first-order chi connectivity index (χ1) is 5.74. The van der Waals surface area contributed by atoms with Crippen LogP contribution in [0.4, 0.5) is 10.1 Å². The van der Waals surface area contributed by atoms with Crippen LogP contribution >= 0.6 is 23.2 Å². The van der Waals surface area contributed by atoms with Gasteiger partial charge in [-0.3, -0.25) is 0 Å². The number of benzene rings is 1. The molecule has 0 spiro atoms. The summed E-state index contributed by atoms with van der Waals surface area (Å²) in [5.41, 5.74) is 0.707. The second-order valence-electron chi connectivity index (χ2n) is 2.24. The van der Waals surface area contributed by atoms with Crippen LogP contribution in [-0.4, -0.2) is 13.2 Å². The molecule has 0 saturated heterocycles. The second kappa shape index (κ2) is 4.53. The molecule has 1 N–H and O–H groups in total. The van der Waals surface area contributed by atoms with Gasteiger partial charge >= 0.3 is 0 Å². The van der Waals surface area contributed by atoms with Gasteiger partial charge in [-0.05, 0) is 18.2 Å². The van der Waals surface area contributed by atoms with E-state index in [0.717, 1.165) is 0 Å². The summed E-state index contributed by atoms with van der Waals surface area (Å²) in [6, 6.07) is 5.04. The predicted molar refractivity (Wildman–Crippen MR) is 50.9 cm³/mol. The average Bonchev–Trinajstić information content (AvgIpc) is 2.03. The van der Waals surface area contributed by atoms with Crippen molar-refractivity contribution in [2.24, 2.45) is 0 Å². The first kappa shape index (κ1) is 9.62. The Labute approximate surface area is 80.5 Å². The van der Waals surface area contributed by atoms with E-state index in [1.165, 1.54) is 0 Å². The van der Waals surface area contributed by atoms with Crippen LogP contribution in [0.5, 0.6) is 0 Å². The molecule has 1 aromatic rings. The molecule has 66 valence electrons. The molecule has 0 aliphatic rings. The highest BCUT2D eigenvalue weighted by atomic mass is 35.5. The molecule has 0 fully saturated rings. The highest BCUT2D eigenvalue weighted by molar-refractivity contribution is 6.36. The first-order valence-corrected chi connectivity index (χ1v) is 4.24. The van der Waals surface area contributed by atoms with Crippen molar-refractivity contribution in [3.63, 3.8) is 0 Å². The van der Waals surface area contributed by atoms with Crippen molar-refractivity contribution in [2.75, 3.05) is 18.5 Å². The van der Waals surface area contributed by atoms with Gasteiger partial charge in [-0.15, -0.1) is 0 Å². The molecule has 0 saturated carbocycles. The SMILES string of the molecule is FCCNc1ccc(Cl)cc1Cl. The van der Waals surface area contributed by atoms with Crippen LogP contribution in [0.1, 0.15) is 0 Å². The molecular weight excluding hydrogens is 200 g/mol. The summed E-state index contributed by atoms with van der Waals surface area (Å²) < 4.78 is 11.8. The lowest BCUT2D eigenvalue weighted by atomic mass is 10.3. The van der Waals surface area contributed by atoms with Crippen molar-refractivity contribution < 1.29 is 4.39 Å². The van der Waals surface area contributed by atoms with Crippen molar-refractivity contribution in [1.29, 1.82) is 0 Å². The maximum Gasteiger partial charge on any atom is 0.107 e. The zero-order valence-corrected chi connectivity index (χ0v) is 7.79. The molecule has 4 heteroatoms. The van der Waals surface area contributed by atoms with E-state index in [1.54, 1.807) is 18.2 Å². The van der Waals surface area contributed by atoms with E-state index in [-0.39, 0.29) is 6.54 Å². The van der Waals surface area contributed by atoms with Crippen LogP contribution in [0.2, 0.25) is 10.0 Å². The Morgan fingerprint density at radius 2 is 2.08 bits per heavy atom. The van der Waals surface area contributed by atoms with E-state index in [9.17, 15) is 4.39 Å². The predicted octanol–water partition coefficient (Wildman–Crippen LogP) is 3.37. The Morgan fingerprint density at radius 1 is 1.33 bits per heavy atom. The molecule has 0 heterocycles. The minimum atomic E-state index is -0.418. The minimum Gasteiger partial charge on any atom is -0.381 e. The Kier molecular flexibility index (Phi) is 3.63. The number of halogens is 3. The largest absolute Gasteiger partial charge is 0.381 e. The molecule has 1 rings (SSSR count). The number of hydrogen-bond acceptors (Lipinski definition) is 1. The fourth-order valence-electron chi connectivity index (χ4n) is 0.815. The zero-order valence-electron chi connectivity index (χ0n) is 6.28. The normalized spacial score (nSPS) is 9.92. The molecule has 0 unspecified atom stereocenters. The number of alkyl halides is 1. The Bertz CT molecular complexity index is 265. The first-order valence-electron chi connectivity index (χ1n) is 3.49. The van der Waals surface area contributed by atoms with Crippen molar-refractivity contribution in [3.05, 3.63) is 28.2 Å². The molecule has 0 aromatic heterocycles. The van der Waals surface area contributed by atoms with Crippen LogP contribution in [-0.2, 0) is 0 Å². The van der Waals surface area contributed by atoms with Gasteiger partial charge < -0.3 is 5.32 Å². The summed E-state index contributed by atoms with van der Waals surface area (Å²) in [7, 11) is 0. The molecule has 0 aliphatic carbocycles. The summed E-state index contributed by atoms with van der Waals surface area (Å²) in [4.78, 5) is 0. The fraction of sp³-hybridized carbons (Fsp3) is 0.250. The molecule has 1 aromatic carbocycles. The van der Waals surface area contributed by atoms with Crippen molar-refractivity contribution in [3.8, 4) is 0 Å². The molecule has 0 amide bonds. The van der Waals surface area contributed by atoms with Gasteiger partial charge in [0.25, 0.3) is 0 Å². The van der Waals surface area contributed by atoms with E-state index in [0.29, 0.717) is 15.7 Å². The standard InChI is InChI=1S/C8H8Cl2FN/c9-6-1-2-8(7(10)5-6)12-4-3-11/h1-2,5,12H,3-4H2. The topological polar surface area (TPSA) is 12.0 Å². The lowest BCUT2D eigenvalue weighted by molar-refractivity contribution is 0.513. The third-order valence-electron chi connectivity index (χ3n) is 1.34. The summed E-state index contributed by atoms with van der Waals surface area (Å²) >= 11 is 11.5. The third kappa shape index (κ3) is 2.54. The van der Waals surface area contributed by atoms with Crippen LogP contribution < -0.4 is 5.32 Å². The van der Waals surface area contributed by atoms with Crippen molar-refractivity contribution >= 4 is 28.9 Å². The van der Waals surface area contributed by atoms with E-state index in [4.69, 9.17) is 23.2 Å². The van der Waals surface area contributed by atoms with E-state index >= 15 is 0 Å². The van der Waals surface area contributed by atoms with Gasteiger partial charge in [0.1, 0.15) is 6.67 Å². The van der Waals surface area contributed by atoms with E-state index in [1.807, 2.05) is 0 Å².